The van der Waals surface area contributed by atoms with Gasteiger partial charge in [-0.1, -0.05) is 25.3 Å². The minimum atomic E-state index is -0.0957. The van der Waals surface area contributed by atoms with Crippen molar-refractivity contribution in [3.63, 3.8) is 0 Å². The third-order valence-electron chi connectivity index (χ3n) is 5.62. The summed E-state index contributed by atoms with van der Waals surface area (Å²) in [7, 11) is 0. The minimum absolute atomic E-state index is 0.0143. The fourth-order valence-corrected chi connectivity index (χ4v) is 4.57. The van der Waals surface area contributed by atoms with Gasteiger partial charge in [-0.2, -0.15) is 0 Å². The Morgan fingerprint density at radius 3 is 2.64 bits per heavy atom. The molecule has 0 aromatic heterocycles. The number of benzene rings is 1. The van der Waals surface area contributed by atoms with Crippen LogP contribution in [0.15, 0.2) is 18.2 Å². The van der Waals surface area contributed by atoms with Crippen LogP contribution in [0.1, 0.15) is 63.5 Å². The summed E-state index contributed by atoms with van der Waals surface area (Å²) in [6.45, 7) is 2.78. The van der Waals surface area contributed by atoms with Crippen LogP contribution in [0.5, 0.6) is 11.5 Å². The summed E-state index contributed by atoms with van der Waals surface area (Å²) in [5.41, 5.74) is 1.02. The van der Waals surface area contributed by atoms with Gasteiger partial charge in [-0.05, 0) is 43.4 Å². The molecule has 5 nitrogen and oxygen atoms in total. The van der Waals surface area contributed by atoms with Crippen molar-refractivity contribution in [2.45, 2.75) is 69.6 Å². The molecule has 1 N–H and O–H groups in total. The van der Waals surface area contributed by atoms with Gasteiger partial charge in [-0.3, -0.25) is 4.79 Å². The maximum Gasteiger partial charge on any atom is 0.217 e. The monoisotopic (exact) mass is 345 g/mol. The molecule has 1 saturated heterocycles. The van der Waals surface area contributed by atoms with E-state index in [9.17, 15) is 4.79 Å². The molecule has 1 aromatic carbocycles. The average molecular weight is 345 g/mol. The van der Waals surface area contributed by atoms with E-state index < -0.39 is 0 Å². The second kappa shape index (κ2) is 6.87. The smallest absolute Gasteiger partial charge is 0.217 e. The number of hydrogen-bond donors (Lipinski definition) is 1. The van der Waals surface area contributed by atoms with Crippen molar-refractivity contribution in [2.75, 3.05) is 13.2 Å². The number of carbonyl (C=O) groups excluding carboxylic acids is 1. The van der Waals surface area contributed by atoms with E-state index in [1.807, 2.05) is 12.1 Å². The first-order chi connectivity index (χ1) is 12.1. The number of rotatable bonds is 2. The number of hydrogen-bond acceptors (Lipinski definition) is 4. The Morgan fingerprint density at radius 2 is 1.88 bits per heavy atom. The molecule has 2 heterocycles. The lowest BCUT2D eigenvalue weighted by atomic mass is 9.76. The molecule has 0 unspecified atom stereocenters. The Labute approximate surface area is 149 Å². The van der Waals surface area contributed by atoms with Crippen molar-refractivity contribution in [3.8, 4) is 11.5 Å². The number of amides is 1. The summed E-state index contributed by atoms with van der Waals surface area (Å²) in [5, 5.41) is 3.14. The van der Waals surface area contributed by atoms with Crippen LogP contribution in [0.3, 0.4) is 0 Å². The lowest BCUT2D eigenvalue weighted by Crippen LogP contribution is -2.50. The van der Waals surface area contributed by atoms with Crippen LogP contribution in [0.25, 0.3) is 0 Å². The molecule has 1 aromatic rings. The first-order valence-corrected chi connectivity index (χ1v) is 9.48. The minimum Gasteiger partial charge on any atom is -0.486 e. The molecule has 4 rings (SSSR count). The number of ether oxygens (including phenoxy) is 3. The molecule has 1 aliphatic carbocycles. The van der Waals surface area contributed by atoms with Crippen LogP contribution in [0, 0.1) is 0 Å². The topological polar surface area (TPSA) is 56.8 Å². The predicted molar refractivity (Wildman–Crippen MR) is 93.9 cm³/mol. The van der Waals surface area contributed by atoms with E-state index in [2.05, 4.69) is 11.4 Å². The van der Waals surface area contributed by atoms with E-state index in [-0.39, 0.29) is 23.7 Å². The molecule has 25 heavy (non-hydrogen) atoms. The van der Waals surface area contributed by atoms with E-state index in [4.69, 9.17) is 14.2 Å². The first-order valence-electron chi connectivity index (χ1n) is 9.48. The van der Waals surface area contributed by atoms with E-state index in [1.165, 1.54) is 19.3 Å². The van der Waals surface area contributed by atoms with Gasteiger partial charge in [-0.15, -0.1) is 0 Å². The molecule has 136 valence electrons. The summed E-state index contributed by atoms with van der Waals surface area (Å²) < 4.78 is 18.0. The number of fused-ring (bicyclic) bond motifs is 1. The molecule has 5 heteroatoms. The Balaban J connectivity index is 1.59. The highest BCUT2D eigenvalue weighted by Gasteiger charge is 2.43. The van der Waals surface area contributed by atoms with Gasteiger partial charge in [0, 0.05) is 13.0 Å². The average Bonchev–Trinajstić information content (AvgIpc) is 2.61. The second-order valence-corrected chi connectivity index (χ2v) is 7.59. The predicted octanol–water partition coefficient (Wildman–Crippen LogP) is 3.52. The Morgan fingerprint density at radius 1 is 1.12 bits per heavy atom. The summed E-state index contributed by atoms with van der Waals surface area (Å²) in [6.07, 6.45) is 7.59. The van der Waals surface area contributed by atoms with Crippen molar-refractivity contribution in [1.29, 1.82) is 0 Å². The fraction of sp³-hybridized carbons (Fsp3) is 0.650. The zero-order valence-corrected chi connectivity index (χ0v) is 14.9. The van der Waals surface area contributed by atoms with E-state index in [1.54, 1.807) is 6.92 Å². The molecule has 1 spiro atoms. The Bertz CT molecular complexity index is 639. The molecule has 0 radical (unpaired) electrons. The lowest BCUT2D eigenvalue weighted by Gasteiger charge is -2.47. The fourth-order valence-electron chi connectivity index (χ4n) is 4.57. The van der Waals surface area contributed by atoms with Crippen LogP contribution >= 0.6 is 0 Å². The van der Waals surface area contributed by atoms with Gasteiger partial charge in [0.1, 0.15) is 13.2 Å². The van der Waals surface area contributed by atoms with Crippen LogP contribution in [-0.4, -0.2) is 30.8 Å². The molecular formula is C20H27NO4. The van der Waals surface area contributed by atoms with Crippen molar-refractivity contribution in [2.24, 2.45) is 0 Å². The Kier molecular flexibility index (Phi) is 4.59. The van der Waals surface area contributed by atoms with E-state index in [0.717, 1.165) is 42.7 Å². The third kappa shape index (κ3) is 3.61. The number of nitrogens with one attached hydrogen (secondary N) is 1. The lowest BCUT2D eigenvalue weighted by molar-refractivity contribution is -0.158. The van der Waals surface area contributed by atoms with Crippen molar-refractivity contribution in [1.82, 2.24) is 5.32 Å². The summed E-state index contributed by atoms with van der Waals surface area (Å²) in [6, 6.07) is 6.27. The van der Waals surface area contributed by atoms with Crippen LogP contribution in [-0.2, 0) is 9.53 Å². The van der Waals surface area contributed by atoms with Crippen molar-refractivity contribution in [3.05, 3.63) is 23.8 Å². The summed E-state index contributed by atoms with van der Waals surface area (Å²) in [4.78, 5) is 11.6. The van der Waals surface area contributed by atoms with Crippen LogP contribution in [0.2, 0.25) is 0 Å². The normalized spacial score (nSPS) is 27.7. The van der Waals surface area contributed by atoms with Crippen LogP contribution < -0.4 is 14.8 Å². The summed E-state index contributed by atoms with van der Waals surface area (Å²) >= 11 is 0. The van der Waals surface area contributed by atoms with E-state index in [0.29, 0.717) is 13.2 Å². The van der Waals surface area contributed by atoms with Gasteiger partial charge in [-0.25, -0.2) is 0 Å². The molecule has 1 saturated carbocycles. The maximum atomic E-state index is 11.6. The first kappa shape index (κ1) is 16.7. The highest BCUT2D eigenvalue weighted by atomic mass is 16.6. The van der Waals surface area contributed by atoms with Gasteiger partial charge in [0.25, 0.3) is 0 Å². The number of carbonyl (C=O) groups is 1. The SMILES string of the molecule is CC(=O)N[C@@H]1C[C@H](c2ccc3c(c2)OCCO3)OC2(CCCCC2)C1. The molecule has 1 amide bonds. The highest BCUT2D eigenvalue weighted by Crippen LogP contribution is 2.46. The quantitative estimate of drug-likeness (QED) is 0.891. The molecular weight excluding hydrogens is 318 g/mol. The largest absolute Gasteiger partial charge is 0.486 e. The third-order valence-corrected chi connectivity index (χ3v) is 5.62. The standard InChI is InChI=1S/C20H27NO4/c1-14(22)21-16-12-18(25-20(13-16)7-3-2-4-8-20)15-5-6-17-19(11-15)24-10-9-23-17/h5-6,11,16,18H,2-4,7-10,12-13H2,1H3,(H,21,22)/t16-,18-/m1/s1. The molecule has 0 bridgehead atoms. The second-order valence-electron chi connectivity index (χ2n) is 7.59. The summed E-state index contributed by atoms with van der Waals surface area (Å²) in [5.74, 6) is 1.64. The highest BCUT2D eigenvalue weighted by molar-refractivity contribution is 5.73. The molecule has 2 aliphatic heterocycles. The molecule has 2 atom stereocenters. The maximum absolute atomic E-state index is 11.6. The molecule has 3 aliphatic rings. The Hall–Kier alpha value is -1.75. The van der Waals surface area contributed by atoms with Crippen molar-refractivity contribution >= 4 is 5.91 Å². The van der Waals surface area contributed by atoms with Gasteiger partial charge >= 0.3 is 0 Å². The van der Waals surface area contributed by atoms with E-state index >= 15 is 0 Å². The zero-order chi connectivity index (χ0) is 17.3. The molecule has 2 fully saturated rings. The van der Waals surface area contributed by atoms with Gasteiger partial charge < -0.3 is 19.5 Å². The zero-order valence-electron chi connectivity index (χ0n) is 14.9. The van der Waals surface area contributed by atoms with Gasteiger partial charge in [0.05, 0.1) is 11.7 Å². The van der Waals surface area contributed by atoms with Crippen LogP contribution in [0.4, 0.5) is 0 Å². The van der Waals surface area contributed by atoms with Gasteiger partial charge in [0.15, 0.2) is 11.5 Å². The van der Waals surface area contributed by atoms with Crippen molar-refractivity contribution < 1.29 is 19.0 Å². The van der Waals surface area contributed by atoms with Gasteiger partial charge in [0.2, 0.25) is 5.91 Å².